The van der Waals surface area contributed by atoms with Gasteiger partial charge < -0.3 is 13.8 Å². The van der Waals surface area contributed by atoms with Gasteiger partial charge in [0.15, 0.2) is 5.83 Å². The van der Waals surface area contributed by atoms with Crippen LogP contribution in [0.2, 0.25) is 0 Å². The van der Waals surface area contributed by atoms with E-state index < -0.39 is 35.7 Å². The summed E-state index contributed by atoms with van der Waals surface area (Å²) in [5.41, 5.74) is 0. The van der Waals surface area contributed by atoms with E-state index in [0.29, 0.717) is 6.92 Å². The maximum Gasteiger partial charge on any atom is 1.00 e. The molecule has 0 spiro atoms. The first-order valence-electron chi connectivity index (χ1n) is 11.5. The first-order valence-corrected chi connectivity index (χ1v) is 28.9. The van der Waals surface area contributed by atoms with Gasteiger partial charge in [0, 0.05) is 156 Å². The average molecular weight is 1010 g/mol. The fourth-order valence-corrected chi connectivity index (χ4v) is 19.3. The van der Waals surface area contributed by atoms with Crippen molar-refractivity contribution in [2.75, 3.05) is 0 Å². The Labute approximate surface area is 373 Å². The smallest absolute Gasteiger partial charge is 0.343 e. The minimum absolute atomic E-state index is 0. The van der Waals surface area contributed by atoms with Gasteiger partial charge >= 0.3 is 56.0 Å². The Hall–Kier alpha value is 3.30. The van der Waals surface area contributed by atoms with Gasteiger partial charge in [0.2, 0.25) is 0 Å². The van der Waals surface area contributed by atoms with Gasteiger partial charge in [0.05, 0.1) is 0 Å². The van der Waals surface area contributed by atoms with Crippen LogP contribution < -0.4 is 37.7 Å². The second kappa shape index (κ2) is 104. The van der Waals surface area contributed by atoms with Crippen molar-refractivity contribution in [3.8, 4) is 0 Å². The van der Waals surface area contributed by atoms with E-state index in [0.717, 1.165) is 35.6 Å². The summed E-state index contributed by atoms with van der Waals surface area (Å²) in [5, 5.41) is 0. The van der Waals surface area contributed by atoms with Crippen LogP contribution in [0.15, 0.2) is 35.7 Å². The predicted octanol–water partition coefficient (Wildman–Crippen LogP) is 6.15. The zero-order chi connectivity index (χ0) is 39.4. The molecular formula is C22H43F9Li2S16. The summed E-state index contributed by atoms with van der Waals surface area (Å²) in [6.07, 6.45) is -3.50. The Kier molecular flexibility index (Phi) is 189. The van der Waals surface area contributed by atoms with Gasteiger partial charge in [0.1, 0.15) is 11.7 Å². The van der Waals surface area contributed by atoms with Crippen LogP contribution in [0.4, 0.5) is 39.5 Å². The fraction of sp³-hybridized carbons (Fsp3) is 0.636. The number of hydrogen-bond acceptors (Lipinski definition) is 6. The predicted molar refractivity (Wildman–Crippen MR) is 236 cm³/mol. The van der Waals surface area contributed by atoms with E-state index >= 15 is 0 Å². The number of allylic oxidation sites excluding steroid dienone is 3. The summed E-state index contributed by atoms with van der Waals surface area (Å²) in [6.45, 7) is 22.3. The molecule has 292 valence electrons. The van der Waals surface area contributed by atoms with E-state index in [1.54, 1.807) is 62.2 Å². The standard InChI is InChI=1S/C4H6F2.2C4H9.C3H3F3.C2F4.2C2H6.CH4.2Li.S11.S3.S2/c1-3(5)4(2)6;2*1-3-4-2;1-2(4)3(5)6;3-1(4)2(5)6;2*1-2;;;;1-3-5-7-9-11-10-8-6-4-2;1-3-2;1-2/h1-2H3;2*1,3-4H2,2H3;1H3;;2*1-2H3;1H4;;;;;/q;2*-1;;;;;;2*+1;;;/b4-3+;;;;;;;;;;;;. The summed E-state index contributed by atoms with van der Waals surface area (Å²) >= 11 is 24.9. The maximum atomic E-state index is 11.3. The zero-order valence-corrected chi connectivity index (χ0v) is 41.2. The van der Waals surface area contributed by atoms with Gasteiger partial charge in [0.25, 0.3) is 0 Å². The molecule has 0 aromatic heterocycles. The molecule has 0 N–H and O–H groups in total. The van der Waals surface area contributed by atoms with Gasteiger partial charge in [-0.1, -0.05) is 61.8 Å². The monoisotopic (exact) mass is 1000 g/mol. The van der Waals surface area contributed by atoms with Crippen molar-refractivity contribution in [1.82, 2.24) is 0 Å². The summed E-state index contributed by atoms with van der Waals surface area (Å²) < 4.78 is 96.1. The molecule has 0 atom stereocenters. The summed E-state index contributed by atoms with van der Waals surface area (Å²) in [6, 6.07) is 0. The molecule has 0 nitrogen and oxygen atoms in total. The van der Waals surface area contributed by atoms with E-state index in [2.05, 4.69) is 94.8 Å². The Morgan fingerprint density at radius 2 is 0.612 bits per heavy atom. The molecule has 0 rings (SSSR count). The normalized spacial score (nSPS) is 7.02. The Bertz CT molecular complexity index is 989. The van der Waals surface area contributed by atoms with Crippen molar-refractivity contribution in [3.05, 3.63) is 49.6 Å². The molecule has 0 amide bonds. The van der Waals surface area contributed by atoms with Gasteiger partial charge in [-0.25, -0.2) is 13.2 Å². The SMILES string of the molecule is C.C/C(F)=C(/C)F.CC.CC.CC(F)=C(F)F.FC(F)=C(F)F.S=S.S=S=S.S=S=S=S=S=S=S=S=S=S=S.[CH2-]CCC.[CH2-]CCC.[Li+].[Li+]. The number of rotatable bonds is 2. The van der Waals surface area contributed by atoms with Crippen molar-refractivity contribution in [1.29, 1.82) is 0 Å². The van der Waals surface area contributed by atoms with E-state index in [1.807, 2.05) is 27.7 Å². The average Bonchev–Trinajstić information content (AvgIpc) is 3.05. The summed E-state index contributed by atoms with van der Waals surface area (Å²) in [4.78, 5) is 0. The molecule has 0 aliphatic heterocycles. The van der Waals surface area contributed by atoms with Crippen LogP contribution in [-0.4, -0.2) is 0 Å². The molecule has 0 heterocycles. The van der Waals surface area contributed by atoms with Crippen molar-refractivity contribution >= 4 is 156 Å². The van der Waals surface area contributed by atoms with Gasteiger partial charge in [-0.2, -0.15) is 39.2 Å². The van der Waals surface area contributed by atoms with Crippen LogP contribution in [0.25, 0.3) is 0 Å². The first kappa shape index (κ1) is 89.1. The van der Waals surface area contributed by atoms with Crippen LogP contribution >= 0.6 is 0 Å². The fourth-order valence-electron chi connectivity index (χ4n) is 0.0794. The van der Waals surface area contributed by atoms with Gasteiger partial charge in [-0.3, -0.25) is 0 Å². The second-order valence-corrected chi connectivity index (χ2v) is 22.5. The number of halogens is 9. The summed E-state index contributed by atoms with van der Waals surface area (Å²) in [7, 11) is 15.4. The van der Waals surface area contributed by atoms with Crippen LogP contribution in [0.3, 0.4) is 0 Å². The molecular weight excluding hydrogens is 962 g/mol. The largest absolute Gasteiger partial charge is 1.00 e. The van der Waals surface area contributed by atoms with E-state index in [1.165, 1.54) is 30.6 Å². The third-order valence-electron chi connectivity index (χ3n) is 1.81. The van der Waals surface area contributed by atoms with Gasteiger partial charge in [-0.05, 0) is 20.8 Å². The minimum Gasteiger partial charge on any atom is -0.343 e. The Morgan fingerprint density at radius 3 is 0.673 bits per heavy atom. The summed E-state index contributed by atoms with van der Waals surface area (Å²) in [5.74, 6) is -2.89. The van der Waals surface area contributed by atoms with E-state index in [4.69, 9.17) is 0 Å². The molecule has 0 saturated heterocycles. The third-order valence-corrected chi connectivity index (χ3v) is 19.6. The molecule has 27 heteroatoms. The van der Waals surface area contributed by atoms with E-state index in [-0.39, 0.29) is 45.1 Å². The Morgan fingerprint density at radius 1 is 0.469 bits per heavy atom. The molecule has 0 aliphatic carbocycles. The molecule has 0 bridgehead atoms. The molecule has 0 aromatic carbocycles. The van der Waals surface area contributed by atoms with Crippen LogP contribution in [-0.2, 0) is 156 Å². The van der Waals surface area contributed by atoms with E-state index in [9.17, 15) is 39.5 Å². The molecule has 49 heavy (non-hydrogen) atoms. The molecule has 0 radical (unpaired) electrons. The quantitative estimate of drug-likeness (QED) is 0.184. The van der Waals surface area contributed by atoms with Crippen molar-refractivity contribution < 1.29 is 77.2 Å². The van der Waals surface area contributed by atoms with Gasteiger partial charge in [-0.15, -0.1) is 0 Å². The zero-order valence-electron chi connectivity index (χ0n) is 28.2. The second-order valence-electron chi connectivity index (χ2n) is 4.77. The van der Waals surface area contributed by atoms with Crippen molar-refractivity contribution in [3.63, 3.8) is 0 Å². The Balaban J connectivity index is -0.0000000279. The molecule has 0 aromatic rings. The third kappa shape index (κ3) is 195. The van der Waals surface area contributed by atoms with Crippen molar-refractivity contribution in [2.24, 2.45) is 0 Å². The number of unbranched alkanes of at least 4 members (excludes halogenated alkanes) is 2. The minimum atomic E-state index is -2.91. The van der Waals surface area contributed by atoms with Crippen LogP contribution in [0.1, 0.15) is 95.4 Å². The van der Waals surface area contributed by atoms with Crippen LogP contribution in [0.5, 0.6) is 0 Å². The maximum absolute atomic E-state index is 11.3. The first-order chi connectivity index (χ1) is 21.6. The molecule has 0 saturated carbocycles. The van der Waals surface area contributed by atoms with Crippen LogP contribution in [0, 0.1) is 13.8 Å². The molecule has 0 fully saturated rings. The van der Waals surface area contributed by atoms with Crippen molar-refractivity contribution in [2.45, 2.75) is 95.4 Å². The molecule has 0 aliphatic rings. The topological polar surface area (TPSA) is 0 Å². The molecule has 0 unspecified atom stereocenters. The number of hydrogen-bond donors (Lipinski definition) is 0.